The number of imidazole rings is 1. The van der Waals surface area contributed by atoms with Crippen LogP contribution >= 0.6 is 23.1 Å². The monoisotopic (exact) mass is 239 g/mol. The van der Waals surface area contributed by atoms with Crippen LogP contribution in [0.4, 0.5) is 0 Å². The summed E-state index contributed by atoms with van der Waals surface area (Å²) in [5, 5.41) is 5.33. The predicted octanol–water partition coefficient (Wildman–Crippen LogP) is 3.13. The molecular formula is C10H13N3S2. The SMILES string of the molecule is Cc1cn2nc(SC3CCCC3)sc2n1. The molecule has 0 radical (unpaired) electrons. The molecule has 1 aliphatic carbocycles. The van der Waals surface area contributed by atoms with Crippen LogP contribution in [0.3, 0.4) is 0 Å². The van der Waals surface area contributed by atoms with Crippen LogP contribution in [0.1, 0.15) is 31.4 Å². The van der Waals surface area contributed by atoms with Gasteiger partial charge in [0.15, 0.2) is 4.34 Å². The molecule has 15 heavy (non-hydrogen) atoms. The van der Waals surface area contributed by atoms with E-state index in [1.54, 1.807) is 11.3 Å². The lowest BCUT2D eigenvalue weighted by Gasteiger charge is -2.03. The summed E-state index contributed by atoms with van der Waals surface area (Å²) < 4.78 is 3.07. The van der Waals surface area contributed by atoms with Gasteiger partial charge in [0.1, 0.15) is 0 Å². The van der Waals surface area contributed by atoms with E-state index in [1.807, 2.05) is 29.4 Å². The van der Waals surface area contributed by atoms with Crippen LogP contribution < -0.4 is 0 Å². The Morgan fingerprint density at radius 1 is 1.47 bits per heavy atom. The van der Waals surface area contributed by atoms with Gasteiger partial charge in [-0.25, -0.2) is 9.50 Å². The van der Waals surface area contributed by atoms with Crippen molar-refractivity contribution in [2.75, 3.05) is 0 Å². The van der Waals surface area contributed by atoms with Crippen molar-refractivity contribution in [1.29, 1.82) is 0 Å². The Hall–Kier alpha value is -0.550. The van der Waals surface area contributed by atoms with Gasteiger partial charge in [-0.2, -0.15) is 0 Å². The van der Waals surface area contributed by atoms with E-state index in [0.717, 1.165) is 15.9 Å². The first kappa shape index (κ1) is 9.66. The van der Waals surface area contributed by atoms with Crippen LogP contribution in [0, 0.1) is 6.92 Å². The minimum absolute atomic E-state index is 0.793. The van der Waals surface area contributed by atoms with Gasteiger partial charge in [0.05, 0.1) is 11.9 Å². The highest BCUT2D eigenvalue weighted by Gasteiger charge is 2.18. The molecule has 3 rings (SSSR count). The third-order valence-corrected chi connectivity index (χ3v) is 5.06. The fraction of sp³-hybridized carbons (Fsp3) is 0.600. The Morgan fingerprint density at radius 3 is 3.00 bits per heavy atom. The Bertz CT molecular complexity index is 436. The van der Waals surface area contributed by atoms with E-state index < -0.39 is 0 Å². The van der Waals surface area contributed by atoms with Gasteiger partial charge in [0.2, 0.25) is 4.96 Å². The maximum atomic E-state index is 4.53. The lowest BCUT2D eigenvalue weighted by atomic mass is 10.4. The fourth-order valence-electron chi connectivity index (χ4n) is 1.99. The van der Waals surface area contributed by atoms with Gasteiger partial charge in [0, 0.05) is 5.25 Å². The van der Waals surface area contributed by atoms with Crippen molar-refractivity contribution in [3.63, 3.8) is 0 Å². The number of aromatic nitrogens is 3. The highest BCUT2D eigenvalue weighted by atomic mass is 32.2. The standard InChI is InChI=1S/C10H13N3S2/c1-7-6-13-9(11-7)15-10(12-13)14-8-4-2-3-5-8/h6,8H,2-5H2,1H3. The van der Waals surface area contributed by atoms with Crippen LogP contribution in [0.2, 0.25) is 0 Å². The lowest BCUT2D eigenvalue weighted by Crippen LogP contribution is -1.93. The molecule has 0 unspecified atom stereocenters. The molecule has 0 aromatic carbocycles. The normalized spacial score (nSPS) is 17.9. The molecule has 2 heterocycles. The lowest BCUT2D eigenvalue weighted by molar-refractivity contribution is 0.883. The molecule has 5 heteroatoms. The average Bonchev–Trinajstić information content (AvgIpc) is 2.81. The summed E-state index contributed by atoms with van der Waals surface area (Å²) in [6.45, 7) is 2.01. The molecule has 1 fully saturated rings. The third kappa shape index (κ3) is 1.90. The minimum Gasteiger partial charge on any atom is -0.223 e. The molecule has 0 spiro atoms. The predicted molar refractivity (Wildman–Crippen MR) is 63.7 cm³/mol. The van der Waals surface area contributed by atoms with E-state index in [0.29, 0.717) is 0 Å². The molecule has 0 bridgehead atoms. The van der Waals surface area contributed by atoms with Crippen LogP contribution in [-0.2, 0) is 0 Å². The summed E-state index contributed by atoms with van der Waals surface area (Å²) in [5.74, 6) is 0. The van der Waals surface area contributed by atoms with Gasteiger partial charge in [-0.05, 0) is 19.8 Å². The summed E-state index contributed by atoms with van der Waals surface area (Å²) in [6, 6.07) is 0. The van der Waals surface area contributed by atoms with Crippen molar-refractivity contribution < 1.29 is 0 Å². The smallest absolute Gasteiger partial charge is 0.213 e. The van der Waals surface area contributed by atoms with Gasteiger partial charge in [-0.1, -0.05) is 35.9 Å². The van der Waals surface area contributed by atoms with E-state index in [4.69, 9.17) is 0 Å². The van der Waals surface area contributed by atoms with Crippen LogP contribution in [0.15, 0.2) is 10.5 Å². The Kier molecular flexibility index (Phi) is 2.44. The molecule has 0 amide bonds. The molecule has 1 aliphatic rings. The Labute approximate surface area is 96.9 Å². The van der Waals surface area contributed by atoms with Gasteiger partial charge in [-0.3, -0.25) is 0 Å². The number of fused-ring (bicyclic) bond motifs is 1. The zero-order valence-corrected chi connectivity index (χ0v) is 10.3. The minimum atomic E-state index is 0.793. The van der Waals surface area contributed by atoms with Crippen LogP contribution in [0.25, 0.3) is 4.96 Å². The van der Waals surface area contributed by atoms with E-state index in [-0.39, 0.29) is 0 Å². The van der Waals surface area contributed by atoms with E-state index in [1.165, 1.54) is 30.0 Å². The first-order valence-electron chi connectivity index (χ1n) is 5.31. The molecule has 2 aromatic heterocycles. The zero-order valence-electron chi connectivity index (χ0n) is 8.64. The molecule has 0 saturated heterocycles. The van der Waals surface area contributed by atoms with Crippen molar-refractivity contribution in [3.8, 4) is 0 Å². The molecule has 0 aliphatic heterocycles. The first-order chi connectivity index (χ1) is 7.31. The molecular weight excluding hydrogens is 226 g/mol. The van der Waals surface area contributed by atoms with Crippen LogP contribution in [0.5, 0.6) is 0 Å². The summed E-state index contributed by atoms with van der Waals surface area (Å²) >= 11 is 3.64. The number of aryl methyl sites for hydroxylation is 1. The van der Waals surface area contributed by atoms with Gasteiger partial charge < -0.3 is 0 Å². The van der Waals surface area contributed by atoms with Crippen molar-refractivity contribution in [2.24, 2.45) is 0 Å². The summed E-state index contributed by atoms with van der Waals surface area (Å²) in [7, 11) is 0. The van der Waals surface area contributed by atoms with Crippen molar-refractivity contribution in [1.82, 2.24) is 14.6 Å². The Balaban J connectivity index is 1.82. The second-order valence-electron chi connectivity index (χ2n) is 4.00. The molecule has 3 nitrogen and oxygen atoms in total. The molecule has 1 saturated carbocycles. The van der Waals surface area contributed by atoms with E-state index >= 15 is 0 Å². The molecule has 0 N–H and O–H groups in total. The number of thioether (sulfide) groups is 1. The summed E-state index contributed by atoms with van der Waals surface area (Å²) in [5.41, 5.74) is 1.05. The molecule has 80 valence electrons. The van der Waals surface area contributed by atoms with Gasteiger partial charge >= 0.3 is 0 Å². The fourth-order valence-corrected chi connectivity index (χ4v) is 4.46. The quantitative estimate of drug-likeness (QED) is 0.806. The zero-order chi connectivity index (χ0) is 10.3. The number of nitrogens with zero attached hydrogens (tertiary/aromatic N) is 3. The van der Waals surface area contributed by atoms with E-state index in [2.05, 4.69) is 10.1 Å². The Morgan fingerprint density at radius 2 is 2.27 bits per heavy atom. The first-order valence-corrected chi connectivity index (χ1v) is 7.00. The summed E-state index contributed by atoms with van der Waals surface area (Å²) in [4.78, 5) is 5.44. The summed E-state index contributed by atoms with van der Waals surface area (Å²) in [6.07, 6.45) is 7.47. The average molecular weight is 239 g/mol. The number of hydrogen-bond acceptors (Lipinski definition) is 4. The highest BCUT2D eigenvalue weighted by Crippen LogP contribution is 2.36. The second-order valence-corrected chi connectivity index (χ2v) is 6.51. The van der Waals surface area contributed by atoms with Gasteiger partial charge in [-0.15, -0.1) is 5.10 Å². The third-order valence-electron chi connectivity index (χ3n) is 2.71. The highest BCUT2D eigenvalue weighted by molar-refractivity contribution is 8.01. The molecule has 0 atom stereocenters. The largest absolute Gasteiger partial charge is 0.223 e. The number of rotatable bonds is 2. The van der Waals surface area contributed by atoms with Gasteiger partial charge in [0.25, 0.3) is 0 Å². The maximum Gasteiger partial charge on any atom is 0.213 e. The van der Waals surface area contributed by atoms with Crippen molar-refractivity contribution in [2.45, 2.75) is 42.2 Å². The van der Waals surface area contributed by atoms with Crippen molar-refractivity contribution in [3.05, 3.63) is 11.9 Å². The number of hydrogen-bond donors (Lipinski definition) is 0. The van der Waals surface area contributed by atoms with E-state index in [9.17, 15) is 0 Å². The molecule has 2 aromatic rings. The second kappa shape index (κ2) is 3.79. The maximum absolute atomic E-state index is 4.53. The van der Waals surface area contributed by atoms with Crippen LogP contribution in [-0.4, -0.2) is 19.8 Å². The van der Waals surface area contributed by atoms with Crippen molar-refractivity contribution >= 4 is 28.1 Å². The topological polar surface area (TPSA) is 30.2 Å².